The van der Waals surface area contributed by atoms with Gasteiger partial charge in [-0.3, -0.25) is 15.0 Å². The summed E-state index contributed by atoms with van der Waals surface area (Å²) in [5.41, 5.74) is 8.18. The molecule has 0 radical (unpaired) electrons. The number of nitrogens with one attached hydrogen (secondary N) is 2. The summed E-state index contributed by atoms with van der Waals surface area (Å²) in [5.74, 6) is 0.122. The second-order valence-electron chi connectivity index (χ2n) is 10.2. The second kappa shape index (κ2) is 9.17. The Morgan fingerprint density at radius 2 is 1.83 bits per heavy atom. The summed E-state index contributed by atoms with van der Waals surface area (Å²) in [7, 11) is 2.17. The fourth-order valence-electron chi connectivity index (χ4n) is 5.80. The minimum atomic E-state index is 0.122. The Balaban J connectivity index is 1.37. The normalized spacial score (nSPS) is 17.3. The molecule has 0 unspecified atom stereocenters. The van der Waals surface area contributed by atoms with E-state index in [-0.39, 0.29) is 5.78 Å². The number of H-pyrrole nitrogens is 2. The number of hydrogen-bond acceptors (Lipinski definition) is 6. The Hall–Kier alpha value is -3.10. The lowest BCUT2D eigenvalue weighted by molar-refractivity contribution is 0.0964. The number of ketones is 1. The molecule has 35 heavy (non-hydrogen) atoms. The van der Waals surface area contributed by atoms with Crippen molar-refractivity contribution in [2.75, 3.05) is 39.8 Å². The molecule has 0 spiro atoms. The lowest BCUT2D eigenvalue weighted by Crippen LogP contribution is -2.44. The van der Waals surface area contributed by atoms with Gasteiger partial charge in [0, 0.05) is 54.6 Å². The average Bonchev–Trinajstić information content (AvgIpc) is 3.50. The van der Waals surface area contributed by atoms with Gasteiger partial charge in [-0.2, -0.15) is 10.2 Å². The molecule has 1 fully saturated rings. The number of carbonyl (C=O) groups is 1. The summed E-state index contributed by atoms with van der Waals surface area (Å²) in [6.07, 6.45) is 7.57. The minimum absolute atomic E-state index is 0.122. The summed E-state index contributed by atoms with van der Waals surface area (Å²) in [6.45, 7) is 7.37. The van der Waals surface area contributed by atoms with Crippen molar-refractivity contribution in [3.05, 3.63) is 40.8 Å². The van der Waals surface area contributed by atoms with Crippen LogP contribution in [-0.4, -0.2) is 80.7 Å². The molecule has 1 aliphatic carbocycles. The number of carbonyl (C=O) groups excluding carboxylic acids is 1. The van der Waals surface area contributed by atoms with Gasteiger partial charge in [0.25, 0.3) is 0 Å². The van der Waals surface area contributed by atoms with Gasteiger partial charge in [-0.25, -0.2) is 4.98 Å². The quantitative estimate of drug-likeness (QED) is 0.414. The SMILES string of the molecule is Cc1[nH]ncc1-c1nc2ccc3[nH]nc(C(=O)CCCN4CCN(C)CC4)c3c2c2c1CCCC2. The smallest absolute Gasteiger partial charge is 0.183 e. The number of rotatable bonds is 6. The van der Waals surface area contributed by atoms with E-state index in [1.807, 2.05) is 19.2 Å². The van der Waals surface area contributed by atoms with Gasteiger partial charge in [-0.05, 0) is 75.9 Å². The van der Waals surface area contributed by atoms with Crippen LogP contribution in [-0.2, 0) is 12.8 Å². The topological polar surface area (TPSA) is 93.8 Å². The molecule has 4 heterocycles. The number of hydrogen-bond donors (Lipinski definition) is 2. The summed E-state index contributed by atoms with van der Waals surface area (Å²) in [5, 5.41) is 17.0. The third kappa shape index (κ3) is 4.04. The van der Waals surface area contributed by atoms with Crippen molar-refractivity contribution < 1.29 is 4.79 Å². The Kier molecular flexibility index (Phi) is 5.86. The zero-order valence-corrected chi connectivity index (χ0v) is 20.7. The predicted molar refractivity (Wildman–Crippen MR) is 138 cm³/mol. The maximum atomic E-state index is 13.4. The van der Waals surface area contributed by atoms with E-state index in [1.165, 1.54) is 11.1 Å². The molecule has 4 aromatic rings. The standard InChI is InChI=1S/C27H33N7O/c1-17-20(16-28-30-17)26-19-7-4-3-6-18(19)24-21(29-26)9-10-22-25(24)27(32-31-22)23(35)8-5-11-34-14-12-33(2)13-15-34/h9-10,16H,3-8,11-15H2,1-2H3,(H,28,30)(H,31,32). The highest BCUT2D eigenvalue weighted by Gasteiger charge is 2.25. The highest BCUT2D eigenvalue weighted by Crippen LogP contribution is 2.39. The van der Waals surface area contributed by atoms with Crippen LogP contribution in [0.15, 0.2) is 18.3 Å². The van der Waals surface area contributed by atoms with E-state index in [9.17, 15) is 4.79 Å². The molecular weight excluding hydrogens is 438 g/mol. The number of pyridine rings is 1. The molecule has 0 saturated carbocycles. The zero-order chi connectivity index (χ0) is 23.9. The van der Waals surface area contributed by atoms with Crippen molar-refractivity contribution in [2.45, 2.75) is 45.4 Å². The first-order valence-corrected chi connectivity index (χ1v) is 12.9. The van der Waals surface area contributed by atoms with E-state index in [4.69, 9.17) is 4.98 Å². The number of likely N-dealkylation sites (N-methyl/N-ethyl adjacent to an activating group) is 1. The van der Waals surface area contributed by atoms with Crippen LogP contribution in [0, 0.1) is 6.92 Å². The summed E-state index contributed by atoms with van der Waals surface area (Å²) < 4.78 is 0. The lowest BCUT2D eigenvalue weighted by Gasteiger charge is -2.32. The number of aryl methyl sites for hydroxylation is 2. The minimum Gasteiger partial charge on any atom is -0.304 e. The van der Waals surface area contributed by atoms with Crippen LogP contribution in [0.25, 0.3) is 33.1 Å². The van der Waals surface area contributed by atoms with E-state index in [2.05, 4.69) is 43.3 Å². The molecule has 2 N–H and O–H groups in total. The number of Topliss-reactive ketones (excluding diaryl/α,β-unsaturated/α-hetero) is 1. The Morgan fingerprint density at radius 1 is 1.03 bits per heavy atom. The van der Waals surface area contributed by atoms with E-state index in [0.717, 1.165) is 104 Å². The van der Waals surface area contributed by atoms with E-state index in [1.54, 1.807) is 0 Å². The third-order valence-corrected chi connectivity index (χ3v) is 7.82. The van der Waals surface area contributed by atoms with Crippen LogP contribution >= 0.6 is 0 Å². The van der Waals surface area contributed by atoms with Crippen molar-refractivity contribution in [3.8, 4) is 11.3 Å². The van der Waals surface area contributed by atoms with Gasteiger partial charge >= 0.3 is 0 Å². The monoisotopic (exact) mass is 471 g/mol. The molecule has 1 aromatic carbocycles. The van der Waals surface area contributed by atoms with E-state index in [0.29, 0.717) is 12.1 Å². The Morgan fingerprint density at radius 3 is 2.60 bits per heavy atom. The summed E-state index contributed by atoms with van der Waals surface area (Å²) in [6, 6.07) is 4.07. The number of benzene rings is 1. The largest absolute Gasteiger partial charge is 0.304 e. The molecule has 2 aliphatic rings. The van der Waals surface area contributed by atoms with Crippen LogP contribution in [0.5, 0.6) is 0 Å². The lowest BCUT2D eigenvalue weighted by atomic mass is 9.85. The van der Waals surface area contributed by atoms with Gasteiger partial charge in [0.15, 0.2) is 5.78 Å². The summed E-state index contributed by atoms with van der Waals surface area (Å²) >= 11 is 0. The second-order valence-corrected chi connectivity index (χ2v) is 10.2. The zero-order valence-electron chi connectivity index (χ0n) is 20.7. The number of fused-ring (bicyclic) bond motifs is 5. The fraction of sp³-hybridized carbons (Fsp3) is 0.481. The predicted octanol–water partition coefficient (Wildman–Crippen LogP) is 3.90. The van der Waals surface area contributed by atoms with Gasteiger partial charge in [-0.15, -0.1) is 0 Å². The first-order chi connectivity index (χ1) is 17.1. The third-order valence-electron chi connectivity index (χ3n) is 7.82. The van der Waals surface area contributed by atoms with Crippen LogP contribution in [0.4, 0.5) is 0 Å². The molecule has 6 rings (SSSR count). The van der Waals surface area contributed by atoms with Crippen molar-refractivity contribution >= 4 is 27.6 Å². The molecule has 1 saturated heterocycles. The average molecular weight is 472 g/mol. The number of aromatic nitrogens is 5. The van der Waals surface area contributed by atoms with Crippen molar-refractivity contribution in [1.29, 1.82) is 0 Å². The van der Waals surface area contributed by atoms with Crippen molar-refractivity contribution in [3.63, 3.8) is 0 Å². The number of piperazine rings is 1. The van der Waals surface area contributed by atoms with Crippen LogP contribution in [0.1, 0.15) is 53.0 Å². The van der Waals surface area contributed by atoms with Crippen LogP contribution in [0.2, 0.25) is 0 Å². The summed E-state index contributed by atoms with van der Waals surface area (Å²) in [4.78, 5) is 23.3. The van der Waals surface area contributed by atoms with Crippen molar-refractivity contribution in [2.24, 2.45) is 0 Å². The fourth-order valence-corrected chi connectivity index (χ4v) is 5.80. The molecule has 8 heteroatoms. The van der Waals surface area contributed by atoms with Gasteiger partial charge in [0.2, 0.25) is 0 Å². The highest BCUT2D eigenvalue weighted by molar-refractivity contribution is 6.17. The number of nitrogens with zero attached hydrogens (tertiary/aromatic N) is 5. The Bertz CT molecular complexity index is 1390. The molecule has 8 nitrogen and oxygen atoms in total. The van der Waals surface area contributed by atoms with Crippen molar-refractivity contribution in [1.82, 2.24) is 35.2 Å². The number of aromatic amines is 2. The first-order valence-electron chi connectivity index (χ1n) is 12.9. The van der Waals surface area contributed by atoms with Crippen LogP contribution in [0.3, 0.4) is 0 Å². The van der Waals surface area contributed by atoms with Gasteiger partial charge in [0.1, 0.15) is 5.69 Å². The maximum Gasteiger partial charge on any atom is 0.183 e. The molecule has 3 aromatic heterocycles. The molecule has 0 bridgehead atoms. The van der Waals surface area contributed by atoms with E-state index >= 15 is 0 Å². The van der Waals surface area contributed by atoms with Gasteiger partial charge in [-0.1, -0.05) is 0 Å². The molecular formula is C27H33N7O. The van der Waals surface area contributed by atoms with Gasteiger partial charge < -0.3 is 9.80 Å². The molecule has 1 aliphatic heterocycles. The molecule has 0 atom stereocenters. The molecule has 0 amide bonds. The highest BCUT2D eigenvalue weighted by atomic mass is 16.1. The van der Waals surface area contributed by atoms with E-state index < -0.39 is 0 Å². The van der Waals surface area contributed by atoms with Crippen LogP contribution < -0.4 is 0 Å². The maximum absolute atomic E-state index is 13.4. The Labute approximate surface area is 205 Å². The molecule has 182 valence electrons. The van der Waals surface area contributed by atoms with Gasteiger partial charge in [0.05, 0.1) is 22.9 Å². The first kappa shape index (κ1) is 22.4.